The van der Waals surface area contributed by atoms with Crippen LogP contribution < -0.4 is 10.5 Å². The molecule has 3 aromatic carbocycles. The third-order valence-electron chi connectivity index (χ3n) is 7.22. The molecule has 1 atom stereocenters. The summed E-state index contributed by atoms with van der Waals surface area (Å²) in [5, 5.41) is 11.4. The monoisotopic (exact) mass is 555 g/mol. The van der Waals surface area contributed by atoms with Crippen molar-refractivity contribution in [1.29, 1.82) is 0 Å². The number of oxazole rings is 1. The minimum Gasteiger partial charge on any atom is -0.501 e. The maximum Gasteiger partial charge on any atom is 0.297 e. The molecule has 6 rings (SSSR count). The Bertz CT molecular complexity index is 1810. The van der Waals surface area contributed by atoms with Crippen molar-refractivity contribution in [3.63, 3.8) is 0 Å². The number of benzene rings is 3. The van der Waals surface area contributed by atoms with Gasteiger partial charge in [0.15, 0.2) is 11.3 Å². The van der Waals surface area contributed by atoms with E-state index in [0.29, 0.717) is 40.6 Å². The van der Waals surface area contributed by atoms with Crippen LogP contribution in [0.15, 0.2) is 75.9 Å². The normalized spacial score (nSPS) is 14.8. The molecule has 0 fully saturated rings. The number of amides is 1. The van der Waals surface area contributed by atoms with E-state index in [2.05, 4.69) is 4.98 Å². The van der Waals surface area contributed by atoms with Gasteiger partial charge in [0.05, 0.1) is 6.04 Å². The molecule has 9 nitrogen and oxygen atoms in total. The summed E-state index contributed by atoms with van der Waals surface area (Å²) in [4.78, 5) is 38.7. The number of carbonyl (C=O) groups is 1. The number of rotatable bonds is 4. The molecule has 0 spiro atoms. The van der Waals surface area contributed by atoms with Crippen LogP contribution in [-0.2, 0) is 13.5 Å². The van der Waals surface area contributed by atoms with Crippen molar-refractivity contribution >= 4 is 34.6 Å². The van der Waals surface area contributed by atoms with Crippen LogP contribution in [0.3, 0.4) is 0 Å². The van der Waals surface area contributed by atoms with E-state index in [-0.39, 0.29) is 17.5 Å². The second kappa shape index (κ2) is 9.84. The van der Waals surface area contributed by atoms with E-state index < -0.39 is 17.4 Å². The van der Waals surface area contributed by atoms with Gasteiger partial charge in [-0.15, -0.1) is 0 Å². The summed E-state index contributed by atoms with van der Waals surface area (Å²) in [7, 11) is 5.02. The Balaban J connectivity index is 1.54. The fourth-order valence-corrected chi connectivity index (χ4v) is 5.46. The average Bonchev–Trinajstić information content (AvgIpc) is 3.39. The van der Waals surface area contributed by atoms with Crippen molar-refractivity contribution in [2.75, 3.05) is 25.5 Å². The third kappa shape index (κ3) is 4.19. The Hall–Kier alpha value is -4.63. The number of carbonyl (C=O) groups excluding carboxylic acids is 1. The van der Waals surface area contributed by atoms with Crippen LogP contribution >= 0.6 is 11.6 Å². The number of halogens is 1. The van der Waals surface area contributed by atoms with Gasteiger partial charge in [-0.05, 0) is 53.4 Å². The summed E-state index contributed by atoms with van der Waals surface area (Å²) in [6.45, 7) is 0.473. The Kier molecular flexibility index (Phi) is 6.31. The van der Waals surface area contributed by atoms with Crippen molar-refractivity contribution in [3.8, 4) is 17.3 Å². The largest absolute Gasteiger partial charge is 0.501 e. The molecule has 202 valence electrons. The topological polar surface area (TPSA) is 105 Å². The molecule has 0 bridgehead atoms. The number of para-hydroxylation sites is 2. The molecule has 0 unspecified atom stereocenters. The van der Waals surface area contributed by atoms with E-state index in [1.165, 1.54) is 4.57 Å². The highest BCUT2D eigenvalue weighted by Crippen LogP contribution is 2.41. The van der Waals surface area contributed by atoms with Crippen LogP contribution in [0.2, 0.25) is 5.02 Å². The second-order valence-electron chi connectivity index (χ2n) is 9.94. The molecule has 3 heterocycles. The quantitative estimate of drug-likeness (QED) is 0.339. The Morgan fingerprint density at radius 2 is 1.80 bits per heavy atom. The van der Waals surface area contributed by atoms with Gasteiger partial charge in [-0.25, -0.2) is 9.97 Å². The molecule has 40 heavy (non-hydrogen) atoms. The molecule has 5 aromatic rings. The molecule has 10 heteroatoms. The van der Waals surface area contributed by atoms with E-state index in [1.54, 1.807) is 38.2 Å². The van der Waals surface area contributed by atoms with Crippen LogP contribution in [0.4, 0.5) is 5.95 Å². The molecular weight excluding hydrogens is 530 g/mol. The number of hydrogen-bond acceptors (Lipinski definition) is 7. The maximum absolute atomic E-state index is 13.3. The highest BCUT2D eigenvalue weighted by Gasteiger charge is 2.34. The fourth-order valence-electron chi connectivity index (χ4n) is 5.22. The predicted molar refractivity (Wildman–Crippen MR) is 153 cm³/mol. The SMILES string of the molecule is CN(C)C(=O)c1ccc2c(c1)CCN(c1nc(-c3nc4ccccc4o3)c(O)c(=O)n1C)[C@@H]2c1ccccc1Cl. The summed E-state index contributed by atoms with van der Waals surface area (Å²) in [5.41, 5.74) is 3.82. The summed E-state index contributed by atoms with van der Waals surface area (Å²) >= 11 is 6.73. The summed E-state index contributed by atoms with van der Waals surface area (Å²) in [6.07, 6.45) is 0.597. The van der Waals surface area contributed by atoms with Crippen LogP contribution in [-0.4, -0.2) is 51.1 Å². The first-order valence-corrected chi connectivity index (χ1v) is 13.1. The van der Waals surface area contributed by atoms with Crippen LogP contribution in [0.1, 0.15) is 33.1 Å². The average molecular weight is 556 g/mol. The van der Waals surface area contributed by atoms with E-state index in [1.807, 2.05) is 59.5 Å². The van der Waals surface area contributed by atoms with Gasteiger partial charge in [0.1, 0.15) is 5.52 Å². The molecule has 1 N–H and O–H groups in total. The zero-order valence-corrected chi connectivity index (χ0v) is 22.9. The smallest absolute Gasteiger partial charge is 0.297 e. The van der Waals surface area contributed by atoms with E-state index in [9.17, 15) is 14.7 Å². The molecule has 1 aliphatic rings. The van der Waals surface area contributed by atoms with Gasteiger partial charge in [-0.1, -0.05) is 48.0 Å². The Labute approximate surface area is 234 Å². The van der Waals surface area contributed by atoms with Gasteiger partial charge in [0.25, 0.3) is 17.4 Å². The molecule has 1 amide bonds. The highest BCUT2D eigenvalue weighted by atomic mass is 35.5. The lowest BCUT2D eigenvalue weighted by Crippen LogP contribution is -2.40. The van der Waals surface area contributed by atoms with Gasteiger partial charge in [0, 0.05) is 38.3 Å². The van der Waals surface area contributed by atoms with Gasteiger partial charge < -0.3 is 19.3 Å². The molecule has 0 aliphatic carbocycles. The van der Waals surface area contributed by atoms with Gasteiger partial charge in [0.2, 0.25) is 11.7 Å². The van der Waals surface area contributed by atoms with Gasteiger partial charge >= 0.3 is 0 Å². The molecule has 0 saturated heterocycles. The fraction of sp³-hybridized carbons (Fsp3) is 0.200. The van der Waals surface area contributed by atoms with E-state index >= 15 is 0 Å². The first kappa shape index (κ1) is 25.6. The minimum absolute atomic E-state index is 0.0371. The van der Waals surface area contributed by atoms with Crippen LogP contribution in [0.25, 0.3) is 22.7 Å². The number of aromatic nitrogens is 3. The Morgan fingerprint density at radius 1 is 1.05 bits per heavy atom. The number of nitrogens with zero attached hydrogens (tertiary/aromatic N) is 5. The predicted octanol–water partition coefficient (Wildman–Crippen LogP) is 4.80. The zero-order valence-electron chi connectivity index (χ0n) is 22.1. The minimum atomic E-state index is -0.627. The Morgan fingerprint density at radius 3 is 2.55 bits per heavy atom. The van der Waals surface area contributed by atoms with Crippen molar-refractivity contribution in [1.82, 2.24) is 19.4 Å². The standard InChI is InChI=1S/C30H26ClN5O4/c1-34(2)28(38)18-12-13-19-17(16-18)14-15-36(25(19)20-8-4-5-9-21(20)31)30-33-24(26(37)29(39)35(30)3)27-32-22-10-6-7-11-23(22)40-27/h4-13,16,25,37H,14-15H2,1-3H3/t25-/m0/s1. The van der Waals surface area contributed by atoms with Gasteiger partial charge in [-0.2, -0.15) is 0 Å². The maximum atomic E-state index is 13.3. The summed E-state index contributed by atoms with van der Waals surface area (Å²) in [6, 6.07) is 20.0. The van der Waals surface area contributed by atoms with E-state index in [0.717, 1.165) is 16.7 Å². The van der Waals surface area contributed by atoms with Gasteiger partial charge in [-0.3, -0.25) is 14.2 Å². The van der Waals surface area contributed by atoms with Crippen molar-refractivity contribution in [3.05, 3.63) is 104 Å². The number of hydrogen-bond donors (Lipinski definition) is 1. The lowest BCUT2D eigenvalue weighted by atomic mass is 9.87. The number of anilines is 1. The second-order valence-corrected chi connectivity index (χ2v) is 10.3. The summed E-state index contributed by atoms with van der Waals surface area (Å²) < 4.78 is 7.18. The lowest BCUT2D eigenvalue weighted by molar-refractivity contribution is 0.0827. The molecule has 1 aliphatic heterocycles. The number of aromatic hydroxyl groups is 1. The molecule has 0 saturated carbocycles. The van der Waals surface area contributed by atoms with Crippen molar-refractivity contribution in [2.45, 2.75) is 12.5 Å². The van der Waals surface area contributed by atoms with E-state index in [4.69, 9.17) is 21.0 Å². The van der Waals surface area contributed by atoms with Crippen molar-refractivity contribution < 1.29 is 14.3 Å². The molecule has 0 radical (unpaired) electrons. The highest BCUT2D eigenvalue weighted by molar-refractivity contribution is 6.31. The van der Waals surface area contributed by atoms with Crippen LogP contribution in [0, 0.1) is 0 Å². The van der Waals surface area contributed by atoms with Crippen molar-refractivity contribution in [2.24, 2.45) is 7.05 Å². The first-order valence-electron chi connectivity index (χ1n) is 12.8. The molecule has 2 aromatic heterocycles. The first-order chi connectivity index (χ1) is 19.2. The van der Waals surface area contributed by atoms with Crippen LogP contribution in [0.5, 0.6) is 5.75 Å². The zero-order chi connectivity index (χ0) is 28.1. The third-order valence-corrected chi connectivity index (χ3v) is 7.57. The summed E-state index contributed by atoms with van der Waals surface area (Å²) in [5.74, 6) is -0.248. The number of fused-ring (bicyclic) bond motifs is 2. The molecular formula is C30H26ClN5O4. The lowest BCUT2D eigenvalue weighted by Gasteiger charge is -2.39.